The Kier molecular flexibility index (Phi) is 5.00. The Bertz CT molecular complexity index is 885. The fourth-order valence-corrected chi connectivity index (χ4v) is 3.40. The maximum atomic E-state index is 11.9. The van der Waals surface area contributed by atoms with Crippen molar-refractivity contribution < 1.29 is 14.7 Å². The molecule has 1 aliphatic rings. The van der Waals surface area contributed by atoms with Crippen molar-refractivity contribution in [2.45, 2.75) is 19.9 Å². The van der Waals surface area contributed by atoms with E-state index < -0.39 is 5.97 Å². The molecule has 0 atom stereocenters. The molecule has 6 nitrogen and oxygen atoms in total. The molecule has 25 heavy (non-hydrogen) atoms. The first kappa shape index (κ1) is 17.4. The van der Waals surface area contributed by atoms with Crippen molar-refractivity contribution in [2.24, 2.45) is 0 Å². The second-order valence-corrected chi connectivity index (χ2v) is 7.28. The largest absolute Gasteiger partial charge is 0.481 e. The Labute approximate surface area is 153 Å². The Hall–Kier alpha value is -2.45. The zero-order valence-corrected chi connectivity index (χ0v) is 15.0. The molecular weight excluding hydrogens is 358 g/mol. The Balaban J connectivity index is 2.00. The van der Waals surface area contributed by atoms with Gasteiger partial charge in [0.25, 0.3) is 5.91 Å². The highest BCUT2D eigenvalue weighted by atomic mass is 32.2. The summed E-state index contributed by atoms with van der Waals surface area (Å²) in [6, 6.07) is 7.87. The number of aliphatic carboxylic acids is 1. The van der Waals surface area contributed by atoms with Crippen LogP contribution in [0.5, 0.6) is 0 Å². The molecule has 0 saturated carbocycles. The maximum Gasteiger partial charge on any atom is 0.305 e. The number of thioether (sulfide) groups is 1. The van der Waals surface area contributed by atoms with Gasteiger partial charge in [-0.05, 0) is 13.0 Å². The van der Waals surface area contributed by atoms with Crippen molar-refractivity contribution in [3.8, 4) is 11.3 Å². The van der Waals surface area contributed by atoms with Crippen LogP contribution >= 0.6 is 24.0 Å². The minimum absolute atomic E-state index is 0.0235. The van der Waals surface area contributed by atoms with Crippen molar-refractivity contribution in [1.82, 2.24) is 15.1 Å². The first-order valence-electron chi connectivity index (χ1n) is 7.53. The number of aryl methyl sites for hydroxylation is 2. The van der Waals surface area contributed by atoms with Crippen molar-refractivity contribution in [3.05, 3.63) is 46.5 Å². The molecule has 8 heteroatoms. The topological polar surface area (TPSA) is 84.2 Å². The molecule has 128 valence electrons. The first-order valence-corrected chi connectivity index (χ1v) is 8.76. The SMILES string of the molecule is Cc1ccc(-c2nn(CCC(=O)O)cc2/C=C2/SC(=S)NC2=O)cc1. The van der Waals surface area contributed by atoms with Crippen LogP contribution in [0.25, 0.3) is 17.3 Å². The molecule has 1 aliphatic heterocycles. The summed E-state index contributed by atoms with van der Waals surface area (Å²) in [6.45, 7) is 2.26. The number of aromatic nitrogens is 2. The van der Waals surface area contributed by atoms with Gasteiger partial charge in [0.2, 0.25) is 0 Å². The monoisotopic (exact) mass is 373 g/mol. The summed E-state index contributed by atoms with van der Waals surface area (Å²) < 4.78 is 2.01. The van der Waals surface area contributed by atoms with Gasteiger partial charge in [0.15, 0.2) is 0 Å². The van der Waals surface area contributed by atoms with Crippen LogP contribution in [0.1, 0.15) is 17.5 Å². The number of carboxylic acids is 1. The lowest BCUT2D eigenvalue weighted by Crippen LogP contribution is -2.17. The number of nitrogens with zero attached hydrogens (tertiary/aromatic N) is 2. The molecule has 1 amide bonds. The van der Waals surface area contributed by atoms with Crippen molar-refractivity contribution in [1.29, 1.82) is 0 Å². The van der Waals surface area contributed by atoms with E-state index in [-0.39, 0.29) is 18.9 Å². The predicted octanol–water partition coefficient (Wildman–Crippen LogP) is 2.82. The molecular formula is C17H15N3O3S2. The van der Waals surface area contributed by atoms with Crippen LogP contribution in [0.15, 0.2) is 35.4 Å². The lowest BCUT2D eigenvalue weighted by Gasteiger charge is -2.01. The lowest BCUT2D eigenvalue weighted by molar-refractivity contribution is -0.137. The number of carbonyl (C=O) groups is 2. The van der Waals surface area contributed by atoms with E-state index in [4.69, 9.17) is 17.3 Å². The summed E-state index contributed by atoms with van der Waals surface area (Å²) in [4.78, 5) is 23.2. The van der Waals surface area contributed by atoms with E-state index in [1.54, 1.807) is 17.0 Å². The van der Waals surface area contributed by atoms with E-state index in [0.717, 1.165) is 16.7 Å². The van der Waals surface area contributed by atoms with Gasteiger partial charge in [-0.1, -0.05) is 53.8 Å². The Morgan fingerprint density at radius 1 is 1.40 bits per heavy atom. The van der Waals surface area contributed by atoms with E-state index in [0.29, 0.717) is 14.9 Å². The van der Waals surface area contributed by atoms with Crippen LogP contribution in [0.4, 0.5) is 0 Å². The number of carboxylic acid groups (broad SMARTS) is 1. The molecule has 2 aromatic rings. The smallest absolute Gasteiger partial charge is 0.305 e. The standard InChI is InChI=1S/C17H15N3O3S2/c1-10-2-4-11(5-3-10)15-12(8-13-16(23)18-17(24)25-13)9-20(19-15)7-6-14(21)22/h2-5,8-9H,6-7H2,1H3,(H,21,22)(H,18,23,24)/b13-8+. The molecule has 0 bridgehead atoms. The van der Waals surface area contributed by atoms with Gasteiger partial charge in [0.1, 0.15) is 4.32 Å². The minimum atomic E-state index is -0.886. The van der Waals surface area contributed by atoms with Gasteiger partial charge in [-0.3, -0.25) is 14.3 Å². The molecule has 2 heterocycles. The van der Waals surface area contributed by atoms with Gasteiger partial charge in [-0.25, -0.2) is 0 Å². The number of nitrogens with one attached hydrogen (secondary N) is 1. The van der Waals surface area contributed by atoms with E-state index in [1.165, 1.54) is 11.8 Å². The van der Waals surface area contributed by atoms with Crippen molar-refractivity contribution >= 4 is 46.3 Å². The number of benzene rings is 1. The summed E-state index contributed by atoms with van der Waals surface area (Å²) in [5, 5.41) is 16.0. The number of hydrogen-bond acceptors (Lipinski definition) is 5. The Morgan fingerprint density at radius 2 is 2.12 bits per heavy atom. The highest BCUT2D eigenvalue weighted by Crippen LogP contribution is 2.30. The van der Waals surface area contributed by atoms with Crippen LogP contribution in [-0.4, -0.2) is 31.1 Å². The quantitative estimate of drug-likeness (QED) is 0.619. The summed E-state index contributed by atoms with van der Waals surface area (Å²) in [5.41, 5.74) is 3.48. The number of carbonyl (C=O) groups excluding carboxylic acids is 1. The van der Waals surface area contributed by atoms with E-state index >= 15 is 0 Å². The second-order valence-electron chi connectivity index (χ2n) is 5.56. The van der Waals surface area contributed by atoms with Gasteiger partial charge >= 0.3 is 5.97 Å². The number of amides is 1. The average Bonchev–Trinajstić information content (AvgIpc) is 3.09. The number of thiocarbonyl (C=S) groups is 1. The minimum Gasteiger partial charge on any atom is -0.481 e. The molecule has 1 aromatic carbocycles. The third kappa shape index (κ3) is 4.15. The van der Waals surface area contributed by atoms with Crippen LogP contribution in [0.2, 0.25) is 0 Å². The zero-order chi connectivity index (χ0) is 18.0. The normalized spacial score (nSPS) is 15.6. The maximum absolute atomic E-state index is 11.9. The molecule has 1 fully saturated rings. The number of rotatable bonds is 5. The third-order valence-electron chi connectivity index (χ3n) is 3.60. The van der Waals surface area contributed by atoms with Crippen LogP contribution in [0.3, 0.4) is 0 Å². The Morgan fingerprint density at radius 3 is 2.72 bits per heavy atom. The van der Waals surface area contributed by atoms with E-state index in [1.807, 2.05) is 31.2 Å². The van der Waals surface area contributed by atoms with Gasteiger partial charge < -0.3 is 10.4 Å². The van der Waals surface area contributed by atoms with E-state index in [9.17, 15) is 9.59 Å². The lowest BCUT2D eigenvalue weighted by atomic mass is 10.1. The number of hydrogen-bond donors (Lipinski definition) is 2. The molecule has 1 saturated heterocycles. The van der Waals surface area contributed by atoms with E-state index in [2.05, 4.69) is 10.4 Å². The fourth-order valence-electron chi connectivity index (χ4n) is 2.37. The van der Waals surface area contributed by atoms with Gasteiger partial charge in [-0.15, -0.1) is 0 Å². The molecule has 0 unspecified atom stereocenters. The van der Waals surface area contributed by atoms with Crippen molar-refractivity contribution in [2.75, 3.05) is 0 Å². The van der Waals surface area contributed by atoms with Gasteiger partial charge in [0, 0.05) is 17.3 Å². The molecule has 3 rings (SSSR count). The van der Waals surface area contributed by atoms with Crippen LogP contribution < -0.4 is 5.32 Å². The molecule has 1 aromatic heterocycles. The van der Waals surface area contributed by atoms with Gasteiger partial charge in [0.05, 0.1) is 23.6 Å². The fraction of sp³-hybridized carbons (Fsp3) is 0.176. The summed E-state index contributed by atoms with van der Waals surface area (Å²) >= 11 is 6.21. The molecule has 0 aliphatic carbocycles. The first-order chi connectivity index (χ1) is 11.9. The second kappa shape index (κ2) is 7.20. The molecule has 2 N–H and O–H groups in total. The molecule has 0 spiro atoms. The predicted molar refractivity (Wildman–Crippen MR) is 101 cm³/mol. The van der Waals surface area contributed by atoms with Crippen molar-refractivity contribution in [3.63, 3.8) is 0 Å². The van der Waals surface area contributed by atoms with Gasteiger partial charge in [-0.2, -0.15) is 5.10 Å². The zero-order valence-electron chi connectivity index (χ0n) is 13.4. The third-order valence-corrected chi connectivity index (χ3v) is 4.76. The molecule has 0 radical (unpaired) electrons. The average molecular weight is 373 g/mol. The summed E-state index contributed by atoms with van der Waals surface area (Å²) in [6.07, 6.45) is 3.46. The highest BCUT2D eigenvalue weighted by molar-refractivity contribution is 8.26. The van der Waals surface area contributed by atoms with Crippen LogP contribution in [0, 0.1) is 6.92 Å². The van der Waals surface area contributed by atoms with Crippen LogP contribution in [-0.2, 0) is 16.1 Å². The summed E-state index contributed by atoms with van der Waals surface area (Å²) in [5.74, 6) is -1.12. The highest BCUT2D eigenvalue weighted by Gasteiger charge is 2.23. The summed E-state index contributed by atoms with van der Waals surface area (Å²) in [7, 11) is 0.